The molecular formula is C27H31F3N6O8S. The summed E-state index contributed by atoms with van der Waals surface area (Å²) in [6.45, 7) is 6.50. The zero-order chi connectivity index (χ0) is 33.5. The van der Waals surface area contributed by atoms with Gasteiger partial charge in [0.15, 0.2) is 12.2 Å². The second kappa shape index (κ2) is 14.3. The molecule has 45 heavy (non-hydrogen) atoms. The smallest absolute Gasteiger partial charge is 0.511 e. The second-order valence-corrected chi connectivity index (χ2v) is 11.7. The Morgan fingerprint density at radius 2 is 1.71 bits per heavy atom. The van der Waals surface area contributed by atoms with E-state index in [0.717, 1.165) is 33.5 Å². The molecule has 1 heterocycles. The van der Waals surface area contributed by atoms with Crippen LogP contribution in [0.2, 0.25) is 0 Å². The number of hydrogen-bond donors (Lipinski definition) is 1. The van der Waals surface area contributed by atoms with Gasteiger partial charge < -0.3 is 19.5 Å². The third-order valence-electron chi connectivity index (χ3n) is 5.80. The fraction of sp³-hybridized carbons (Fsp3) is 0.370. The molecular weight excluding hydrogens is 625 g/mol. The molecule has 0 spiro atoms. The minimum absolute atomic E-state index is 0.117. The topological polar surface area (TPSA) is 167 Å². The number of alkyl halides is 3. The van der Waals surface area contributed by atoms with Gasteiger partial charge >= 0.3 is 12.3 Å². The molecule has 18 heteroatoms. The van der Waals surface area contributed by atoms with Crippen LogP contribution < -0.4 is 4.72 Å². The Balaban J connectivity index is 1.73. The monoisotopic (exact) mass is 656 g/mol. The van der Waals surface area contributed by atoms with Crippen molar-refractivity contribution in [1.82, 2.24) is 19.5 Å². The Bertz CT molecular complexity index is 1620. The van der Waals surface area contributed by atoms with E-state index in [2.05, 4.69) is 20.0 Å². The highest BCUT2D eigenvalue weighted by molar-refractivity contribution is 7.90. The normalized spacial score (nSPS) is 12.3. The summed E-state index contributed by atoms with van der Waals surface area (Å²) in [4.78, 5) is 28.0. The predicted octanol–water partition coefficient (Wildman–Crippen LogP) is 4.71. The third kappa shape index (κ3) is 9.56. The van der Waals surface area contributed by atoms with Crippen molar-refractivity contribution in [2.45, 2.75) is 57.8 Å². The van der Waals surface area contributed by atoms with Gasteiger partial charge in [0.05, 0.1) is 33.4 Å². The molecule has 0 saturated carbocycles. The largest absolute Gasteiger partial charge is 0.569 e. The molecule has 0 bridgehead atoms. The van der Waals surface area contributed by atoms with Crippen LogP contribution in [0.3, 0.4) is 0 Å². The molecule has 3 rings (SSSR count). The number of carbonyl (C=O) groups is 2. The maximum atomic E-state index is 13.5. The Morgan fingerprint density at radius 1 is 1.09 bits per heavy atom. The van der Waals surface area contributed by atoms with Gasteiger partial charge in [-0.15, -0.1) is 5.01 Å². The van der Waals surface area contributed by atoms with Crippen molar-refractivity contribution >= 4 is 22.1 Å². The summed E-state index contributed by atoms with van der Waals surface area (Å²) < 4.78 is 78.4. The third-order valence-corrected chi connectivity index (χ3v) is 7.19. The molecule has 0 unspecified atom stereocenters. The van der Waals surface area contributed by atoms with Crippen molar-refractivity contribution in [3.05, 3.63) is 71.1 Å². The quantitative estimate of drug-likeness (QED) is 0.0720. The zero-order valence-electron chi connectivity index (χ0n) is 24.8. The molecule has 14 nitrogen and oxygen atoms in total. The van der Waals surface area contributed by atoms with E-state index in [1.165, 1.54) is 26.0 Å². The molecule has 1 N–H and O–H groups in total. The van der Waals surface area contributed by atoms with E-state index in [4.69, 9.17) is 4.74 Å². The number of rotatable bonds is 12. The summed E-state index contributed by atoms with van der Waals surface area (Å²) in [7, 11) is -4.47. The molecule has 1 amide bonds. The summed E-state index contributed by atoms with van der Waals surface area (Å²) >= 11 is 0. The zero-order valence-corrected chi connectivity index (χ0v) is 25.6. The molecule has 0 fully saturated rings. The van der Waals surface area contributed by atoms with Gasteiger partial charge in [-0.3, -0.25) is 4.79 Å². The van der Waals surface area contributed by atoms with E-state index in [1.807, 2.05) is 11.6 Å². The van der Waals surface area contributed by atoms with Gasteiger partial charge in [-0.1, -0.05) is 29.8 Å². The van der Waals surface area contributed by atoms with Gasteiger partial charge in [-0.05, 0) is 65.0 Å². The van der Waals surface area contributed by atoms with E-state index in [-0.39, 0.29) is 21.2 Å². The van der Waals surface area contributed by atoms with Crippen molar-refractivity contribution in [3.63, 3.8) is 0 Å². The molecule has 0 aliphatic carbocycles. The van der Waals surface area contributed by atoms with Crippen LogP contribution in [0, 0.1) is 12.1 Å². The molecule has 244 valence electrons. The summed E-state index contributed by atoms with van der Waals surface area (Å²) in [5, 5.41) is 20.0. The fourth-order valence-corrected chi connectivity index (χ4v) is 4.64. The van der Waals surface area contributed by atoms with Crippen LogP contribution in [0.4, 0.5) is 18.0 Å². The lowest BCUT2D eigenvalue weighted by Crippen LogP contribution is -2.45. The number of amides is 1. The number of hydrazine groups is 1. The molecule has 1 aromatic heterocycles. The first kappa shape index (κ1) is 34.6. The van der Waals surface area contributed by atoms with Crippen LogP contribution in [0.1, 0.15) is 39.0 Å². The highest BCUT2D eigenvalue weighted by Crippen LogP contribution is 2.33. The van der Waals surface area contributed by atoms with Gasteiger partial charge in [0, 0.05) is 5.56 Å². The Morgan fingerprint density at radius 3 is 2.27 bits per heavy atom. The first-order valence-electron chi connectivity index (χ1n) is 13.3. The maximum Gasteiger partial charge on any atom is 0.511 e. The first-order valence-corrected chi connectivity index (χ1v) is 14.8. The molecule has 0 aliphatic rings. The number of sulfonamides is 1. The second-order valence-electron chi connectivity index (χ2n) is 10.0. The van der Waals surface area contributed by atoms with E-state index in [1.54, 1.807) is 38.1 Å². The van der Waals surface area contributed by atoms with Crippen molar-refractivity contribution in [2.24, 2.45) is 5.28 Å². The number of ether oxygens (including phenoxy) is 2. The van der Waals surface area contributed by atoms with Crippen molar-refractivity contribution in [3.8, 4) is 16.9 Å². The molecule has 2 aromatic carbocycles. The molecule has 0 radical (unpaired) electrons. The van der Waals surface area contributed by atoms with Crippen LogP contribution in [0.25, 0.3) is 16.9 Å². The first-order chi connectivity index (χ1) is 21.0. The lowest BCUT2D eigenvalue weighted by molar-refractivity contribution is -0.715. The van der Waals surface area contributed by atoms with Gasteiger partial charge in [0.25, 0.3) is 22.7 Å². The minimum Gasteiger partial charge on any atom is -0.569 e. The molecule has 0 atom stereocenters. The highest BCUT2D eigenvalue weighted by atomic mass is 32.2. The number of aryl methyl sites for hydroxylation is 1. The van der Waals surface area contributed by atoms with Crippen LogP contribution in [-0.2, 0) is 35.3 Å². The average molecular weight is 657 g/mol. The number of nitrogens with zero attached hydrogens (tertiary/aromatic N) is 5. The number of halogens is 3. The van der Waals surface area contributed by atoms with Gasteiger partial charge in [-0.2, -0.15) is 18.3 Å². The van der Waals surface area contributed by atoms with E-state index < -0.39 is 59.4 Å². The van der Waals surface area contributed by atoms with E-state index in [9.17, 15) is 36.4 Å². The number of benzene rings is 2. The number of carbonyl (C=O) groups excluding carboxylic acids is 2. The molecule has 0 saturated heterocycles. The van der Waals surface area contributed by atoms with Crippen LogP contribution >= 0.6 is 0 Å². The maximum absolute atomic E-state index is 13.5. The molecule has 0 aliphatic heterocycles. The SMILES string of the molecule is Cc1ccc(-c2cc(C(F)(F)F)nn2-c2ccc(S(=O)(=O)NC(=O)CN(C(C)C)[N+]([O-])=NOCOC(=O)OC(C)C)cc2)cc1. The summed E-state index contributed by atoms with van der Waals surface area (Å²) in [6, 6.07) is 11.6. The number of hydrogen-bond acceptors (Lipinski definition) is 10. The van der Waals surface area contributed by atoms with Gasteiger partial charge in [0.1, 0.15) is 0 Å². The van der Waals surface area contributed by atoms with E-state index in [0.29, 0.717) is 5.56 Å². The summed E-state index contributed by atoms with van der Waals surface area (Å²) in [6.07, 6.45) is -6.23. The van der Waals surface area contributed by atoms with Gasteiger partial charge in [0.2, 0.25) is 5.28 Å². The average Bonchev–Trinajstić information content (AvgIpc) is 3.40. The van der Waals surface area contributed by atoms with Crippen LogP contribution in [0.15, 0.2) is 64.8 Å². The Labute approximate surface area is 256 Å². The summed E-state index contributed by atoms with van der Waals surface area (Å²) in [5.41, 5.74) is 0.464. The number of aromatic nitrogens is 2. The molecule has 3 aromatic rings. The van der Waals surface area contributed by atoms with Crippen molar-refractivity contribution in [2.75, 3.05) is 13.3 Å². The Hall–Kier alpha value is -4.87. The number of nitrogens with one attached hydrogen (secondary N) is 1. The van der Waals surface area contributed by atoms with Crippen molar-refractivity contribution in [1.29, 1.82) is 0 Å². The lowest BCUT2D eigenvalue weighted by atomic mass is 10.1. The van der Waals surface area contributed by atoms with Crippen molar-refractivity contribution < 1.29 is 50.5 Å². The fourth-order valence-electron chi connectivity index (χ4n) is 3.66. The van der Waals surface area contributed by atoms with Crippen LogP contribution in [0.5, 0.6) is 0 Å². The standard InChI is InChI=1S/C27H31F3N6O8S/c1-17(2)34(36(39)33-43-16-42-26(38)44-18(3)4)15-25(37)32-45(40,41)22-12-10-21(11-13-22)35-23(14-24(31-35)27(28,29)30)20-8-6-19(5)7-9-20/h6-14,17-18H,15-16H2,1-5H3,(H,32,37). The van der Waals surface area contributed by atoms with Gasteiger partial charge in [-0.25, -0.2) is 22.6 Å². The Kier molecular flexibility index (Phi) is 11.0. The predicted molar refractivity (Wildman–Crippen MR) is 151 cm³/mol. The minimum atomic E-state index is -4.73. The summed E-state index contributed by atoms with van der Waals surface area (Å²) in [5.74, 6) is -1.11. The highest BCUT2D eigenvalue weighted by Gasteiger charge is 2.35. The lowest BCUT2D eigenvalue weighted by Gasteiger charge is -2.21. The van der Waals surface area contributed by atoms with Crippen LogP contribution in [-0.4, -0.2) is 65.7 Å². The van der Waals surface area contributed by atoms with E-state index >= 15 is 0 Å².